The number of hydrogen-bond acceptors (Lipinski definition) is 4. The van der Waals surface area contributed by atoms with Gasteiger partial charge in [-0.3, -0.25) is 0 Å². The Morgan fingerprint density at radius 3 is 2.65 bits per heavy atom. The van der Waals surface area contributed by atoms with E-state index in [4.69, 9.17) is 28.9 Å². The van der Waals surface area contributed by atoms with E-state index in [9.17, 15) is 0 Å². The van der Waals surface area contributed by atoms with Crippen LogP contribution in [0.15, 0.2) is 42.7 Å². The fraction of sp³-hybridized carbons (Fsp3) is 0. The van der Waals surface area contributed by atoms with Gasteiger partial charge in [0.15, 0.2) is 0 Å². The molecule has 3 N–H and O–H groups in total. The minimum Gasteiger partial charge on any atom is -0.399 e. The zero-order valence-corrected chi connectivity index (χ0v) is 11.8. The molecule has 0 saturated heterocycles. The van der Waals surface area contributed by atoms with Crippen LogP contribution in [0.3, 0.4) is 0 Å². The first-order valence-corrected chi connectivity index (χ1v) is 6.61. The van der Waals surface area contributed by atoms with Crippen molar-refractivity contribution in [2.75, 3.05) is 11.1 Å². The highest BCUT2D eigenvalue weighted by atomic mass is 35.5. The Labute approximate surface area is 125 Å². The third-order valence-electron chi connectivity index (χ3n) is 2.84. The Balaban J connectivity index is 2.06. The van der Waals surface area contributed by atoms with Crippen molar-refractivity contribution in [3.05, 3.63) is 52.8 Å². The van der Waals surface area contributed by atoms with E-state index in [-0.39, 0.29) is 0 Å². The number of halogens is 2. The zero-order chi connectivity index (χ0) is 14.1. The molecule has 2 aromatic carbocycles. The highest BCUT2D eigenvalue weighted by Crippen LogP contribution is 2.30. The van der Waals surface area contributed by atoms with Crippen LogP contribution in [0, 0.1) is 0 Å². The van der Waals surface area contributed by atoms with Crippen LogP contribution in [0.1, 0.15) is 0 Å². The molecule has 0 saturated carbocycles. The molecule has 0 fully saturated rings. The number of hydrogen-bond donors (Lipinski definition) is 2. The number of nitrogen functional groups attached to an aromatic ring is 1. The van der Waals surface area contributed by atoms with E-state index in [1.165, 1.54) is 6.33 Å². The molecule has 0 aliphatic heterocycles. The first-order chi connectivity index (χ1) is 9.63. The number of anilines is 3. The standard InChI is InChI=1S/C14H10Cl2N4/c15-8-1-4-12(11(16)5-8)20-14-10-3-2-9(17)6-13(10)18-7-19-14/h1-7H,17H2,(H,18,19,20). The maximum absolute atomic E-state index is 6.15. The van der Waals surface area contributed by atoms with Gasteiger partial charge in [0.2, 0.25) is 0 Å². The van der Waals surface area contributed by atoms with E-state index >= 15 is 0 Å². The van der Waals surface area contributed by atoms with Crippen LogP contribution in [0.5, 0.6) is 0 Å². The Morgan fingerprint density at radius 1 is 1.00 bits per heavy atom. The summed E-state index contributed by atoms with van der Waals surface area (Å²) in [5.74, 6) is 0.666. The van der Waals surface area contributed by atoms with Crippen molar-refractivity contribution in [3.63, 3.8) is 0 Å². The van der Waals surface area contributed by atoms with Crippen molar-refractivity contribution in [3.8, 4) is 0 Å². The third kappa shape index (κ3) is 2.48. The van der Waals surface area contributed by atoms with E-state index in [0.717, 1.165) is 16.6 Å². The lowest BCUT2D eigenvalue weighted by Crippen LogP contribution is -1.97. The van der Waals surface area contributed by atoms with Gasteiger partial charge in [-0.15, -0.1) is 0 Å². The number of rotatable bonds is 2. The Hall–Kier alpha value is -2.04. The predicted molar refractivity (Wildman–Crippen MR) is 83.7 cm³/mol. The lowest BCUT2D eigenvalue weighted by molar-refractivity contribution is 1.22. The van der Waals surface area contributed by atoms with Crippen LogP contribution in [0.4, 0.5) is 17.2 Å². The van der Waals surface area contributed by atoms with Crippen molar-refractivity contribution in [1.82, 2.24) is 9.97 Å². The van der Waals surface area contributed by atoms with Crippen LogP contribution in [-0.4, -0.2) is 9.97 Å². The summed E-state index contributed by atoms with van der Waals surface area (Å²) in [5.41, 5.74) is 7.91. The summed E-state index contributed by atoms with van der Waals surface area (Å²) in [6.45, 7) is 0. The fourth-order valence-electron chi connectivity index (χ4n) is 1.89. The summed E-state index contributed by atoms with van der Waals surface area (Å²) in [4.78, 5) is 8.44. The van der Waals surface area contributed by atoms with Crippen molar-refractivity contribution < 1.29 is 0 Å². The molecule has 4 nitrogen and oxygen atoms in total. The zero-order valence-electron chi connectivity index (χ0n) is 10.3. The predicted octanol–water partition coefficient (Wildman–Crippen LogP) is 4.26. The number of nitrogens with zero attached hydrogens (tertiary/aromatic N) is 2. The van der Waals surface area contributed by atoms with Crippen molar-refractivity contribution in [2.45, 2.75) is 0 Å². The minimum absolute atomic E-state index is 0.528. The van der Waals surface area contributed by atoms with Crippen LogP contribution in [-0.2, 0) is 0 Å². The normalized spacial score (nSPS) is 10.7. The molecule has 0 radical (unpaired) electrons. The maximum Gasteiger partial charge on any atom is 0.141 e. The molecule has 6 heteroatoms. The highest BCUT2D eigenvalue weighted by molar-refractivity contribution is 6.36. The second kappa shape index (κ2) is 5.15. The van der Waals surface area contributed by atoms with Gasteiger partial charge >= 0.3 is 0 Å². The van der Waals surface area contributed by atoms with Crippen LogP contribution in [0.25, 0.3) is 10.9 Å². The Morgan fingerprint density at radius 2 is 1.85 bits per heavy atom. The second-order valence-corrected chi connectivity index (χ2v) is 5.09. The number of fused-ring (bicyclic) bond motifs is 1. The molecular formula is C14H10Cl2N4. The lowest BCUT2D eigenvalue weighted by Gasteiger charge is -2.10. The molecule has 0 aliphatic carbocycles. The van der Waals surface area contributed by atoms with Gasteiger partial charge in [-0.05, 0) is 36.4 Å². The minimum atomic E-state index is 0.528. The summed E-state index contributed by atoms with van der Waals surface area (Å²) < 4.78 is 0. The van der Waals surface area contributed by atoms with E-state index in [1.807, 2.05) is 6.07 Å². The maximum atomic E-state index is 6.15. The summed E-state index contributed by atoms with van der Waals surface area (Å²) in [5, 5.41) is 5.16. The molecule has 0 atom stereocenters. The molecule has 20 heavy (non-hydrogen) atoms. The molecule has 3 rings (SSSR count). The van der Waals surface area contributed by atoms with E-state index < -0.39 is 0 Å². The topological polar surface area (TPSA) is 63.8 Å². The summed E-state index contributed by atoms with van der Waals surface area (Å²) >= 11 is 12.0. The van der Waals surface area contributed by atoms with E-state index in [2.05, 4.69) is 15.3 Å². The largest absolute Gasteiger partial charge is 0.399 e. The first-order valence-electron chi connectivity index (χ1n) is 5.86. The van der Waals surface area contributed by atoms with Gasteiger partial charge in [-0.2, -0.15) is 0 Å². The highest BCUT2D eigenvalue weighted by Gasteiger charge is 2.07. The molecule has 1 heterocycles. The number of benzene rings is 2. The monoisotopic (exact) mass is 304 g/mol. The quantitative estimate of drug-likeness (QED) is 0.694. The smallest absolute Gasteiger partial charge is 0.141 e. The average molecular weight is 305 g/mol. The van der Waals surface area contributed by atoms with Gasteiger partial charge in [0.1, 0.15) is 12.1 Å². The molecule has 0 bridgehead atoms. The van der Waals surface area contributed by atoms with Crippen molar-refractivity contribution in [1.29, 1.82) is 0 Å². The van der Waals surface area contributed by atoms with Crippen LogP contribution < -0.4 is 11.1 Å². The number of nitrogens with one attached hydrogen (secondary N) is 1. The number of aromatic nitrogens is 2. The van der Waals surface area contributed by atoms with E-state index in [0.29, 0.717) is 21.6 Å². The lowest BCUT2D eigenvalue weighted by atomic mass is 10.2. The van der Waals surface area contributed by atoms with Crippen LogP contribution >= 0.6 is 23.2 Å². The summed E-state index contributed by atoms with van der Waals surface area (Å²) in [7, 11) is 0. The first kappa shape index (κ1) is 13.0. The molecule has 100 valence electrons. The van der Waals surface area contributed by atoms with Crippen LogP contribution in [0.2, 0.25) is 10.0 Å². The third-order valence-corrected chi connectivity index (χ3v) is 3.39. The van der Waals surface area contributed by atoms with Gasteiger partial charge in [0.05, 0.1) is 16.2 Å². The Bertz CT molecular complexity index is 789. The molecule has 0 spiro atoms. The fourth-order valence-corrected chi connectivity index (χ4v) is 2.35. The van der Waals surface area contributed by atoms with E-state index in [1.54, 1.807) is 30.3 Å². The van der Waals surface area contributed by atoms with Gasteiger partial charge in [-0.1, -0.05) is 23.2 Å². The van der Waals surface area contributed by atoms with Gasteiger partial charge in [-0.25, -0.2) is 9.97 Å². The molecule has 3 aromatic rings. The molecule has 0 unspecified atom stereocenters. The molecule has 1 aromatic heterocycles. The average Bonchev–Trinajstić information content (AvgIpc) is 2.41. The number of nitrogens with two attached hydrogens (primary N) is 1. The van der Waals surface area contributed by atoms with Gasteiger partial charge in [0, 0.05) is 16.1 Å². The van der Waals surface area contributed by atoms with Gasteiger partial charge in [0.25, 0.3) is 0 Å². The van der Waals surface area contributed by atoms with Crippen molar-refractivity contribution >= 4 is 51.3 Å². The van der Waals surface area contributed by atoms with Gasteiger partial charge < -0.3 is 11.1 Å². The second-order valence-electron chi connectivity index (χ2n) is 4.25. The molecule has 0 amide bonds. The molecule has 0 aliphatic rings. The summed E-state index contributed by atoms with van der Waals surface area (Å²) in [6, 6.07) is 10.7. The SMILES string of the molecule is Nc1ccc2c(Nc3ccc(Cl)cc3Cl)ncnc2c1. The summed E-state index contributed by atoms with van der Waals surface area (Å²) in [6.07, 6.45) is 1.48. The Kier molecular flexibility index (Phi) is 3.34. The van der Waals surface area contributed by atoms with Crippen molar-refractivity contribution in [2.24, 2.45) is 0 Å². The molecular weight excluding hydrogens is 295 g/mol.